The molecule has 2 aliphatic rings. The Balaban J connectivity index is 2.27. The van der Waals surface area contributed by atoms with Crippen LogP contribution in [0.3, 0.4) is 0 Å². The van der Waals surface area contributed by atoms with Gasteiger partial charge in [0.2, 0.25) is 0 Å². The average Bonchev–Trinajstić information content (AvgIpc) is 2.51. The Morgan fingerprint density at radius 1 is 1.07 bits per heavy atom. The van der Waals surface area contributed by atoms with E-state index in [2.05, 4.69) is 6.08 Å². The van der Waals surface area contributed by atoms with E-state index < -0.39 is 9.84 Å². The molecule has 1 aliphatic carbocycles. The maximum atomic E-state index is 12.2. The van der Waals surface area contributed by atoms with Crippen LogP contribution in [0.1, 0.15) is 24.3 Å². The lowest BCUT2D eigenvalue weighted by molar-refractivity contribution is 0.563. The van der Waals surface area contributed by atoms with E-state index in [9.17, 15) is 8.42 Å². The molecule has 2 atom stereocenters. The third-order valence-corrected chi connectivity index (χ3v) is 5.70. The quantitative estimate of drug-likeness (QED) is 0.628. The van der Waals surface area contributed by atoms with E-state index >= 15 is 0 Å². The highest BCUT2D eigenvalue weighted by Gasteiger charge is 2.44. The lowest BCUT2D eigenvalue weighted by Crippen LogP contribution is -2.22. The van der Waals surface area contributed by atoms with Gasteiger partial charge in [-0.25, -0.2) is 8.42 Å². The predicted octanol–water partition coefficient (Wildman–Crippen LogP) is 2.28. The van der Waals surface area contributed by atoms with Gasteiger partial charge in [-0.1, -0.05) is 30.4 Å². The summed E-state index contributed by atoms with van der Waals surface area (Å²) in [5.74, 6) is 0.191. The van der Waals surface area contributed by atoms with E-state index in [0.29, 0.717) is 11.3 Å². The van der Waals surface area contributed by atoms with Crippen molar-refractivity contribution in [3.63, 3.8) is 0 Å². The minimum absolute atomic E-state index is 0.191. The van der Waals surface area contributed by atoms with Crippen LogP contribution in [0.2, 0.25) is 0 Å². The summed E-state index contributed by atoms with van der Waals surface area (Å²) < 4.78 is 24.4. The number of fused-ring (bicyclic) bond motifs is 3. The summed E-state index contributed by atoms with van der Waals surface area (Å²) in [7, 11) is -3.06. The van der Waals surface area contributed by atoms with Crippen molar-refractivity contribution in [3.05, 3.63) is 42.0 Å². The van der Waals surface area contributed by atoms with Crippen LogP contribution in [0.4, 0.5) is 0 Å². The molecule has 1 aromatic rings. The molecule has 0 fully saturated rings. The highest BCUT2D eigenvalue weighted by atomic mass is 32.2. The summed E-state index contributed by atoms with van der Waals surface area (Å²) >= 11 is 0. The highest BCUT2D eigenvalue weighted by Crippen LogP contribution is 2.45. The normalized spacial score (nSPS) is 30.9. The topological polar surface area (TPSA) is 34.1 Å². The molecule has 0 spiro atoms. The van der Waals surface area contributed by atoms with Crippen LogP contribution in [0.25, 0.3) is 0 Å². The summed E-state index contributed by atoms with van der Waals surface area (Å²) in [6.45, 7) is 0. The van der Waals surface area contributed by atoms with Crippen molar-refractivity contribution in [3.8, 4) is 0 Å². The van der Waals surface area contributed by atoms with Gasteiger partial charge in [-0.05, 0) is 24.5 Å². The number of allylic oxidation sites excluding steroid dienone is 2. The molecule has 78 valence electrons. The van der Waals surface area contributed by atoms with Gasteiger partial charge in [-0.2, -0.15) is 0 Å². The molecule has 2 nitrogen and oxygen atoms in total. The zero-order valence-electron chi connectivity index (χ0n) is 8.26. The van der Waals surface area contributed by atoms with E-state index in [1.54, 1.807) is 12.1 Å². The second kappa shape index (κ2) is 2.95. The standard InChI is InChI=1S/C12H12O2S/c13-15(14)11-7-3-1-5-9(11)10-6-2-4-8-12(10)15/h1-5,7,10,12H,6,8H2/t10-,12+/m1/s1. The van der Waals surface area contributed by atoms with Crippen LogP contribution in [-0.4, -0.2) is 13.7 Å². The Hall–Kier alpha value is -1.09. The lowest BCUT2D eigenvalue weighted by Gasteiger charge is -2.19. The van der Waals surface area contributed by atoms with Gasteiger partial charge in [0.15, 0.2) is 9.84 Å². The van der Waals surface area contributed by atoms with Crippen LogP contribution in [0, 0.1) is 0 Å². The van der Waals surface area contributed by atoms with Gasteiger partial charge in [0, 0.05) is 5.92 Å². The number of hydrogen-bond acceptors (Lipinski definition) is 2. The first-order valence-electron chi connectivity index (χ1n) is 5.19. The number of sulfone groups is 1. The van der Waals surface area contributed by atoms with E-state index in [1.165, 1.54) is 0 Å². The fourth-order valence-corrected chi connectivity index (χ4v) is 4.87. The van der Waals surface area contributed by atoms with Crippen molar-refractivity contribution in [1.29, 1.82) is 0 Å². The average molecular weight is 220 g/mol. The molecule has 1 aliphatic heterocycles. The molecule has 1 aromatic carbocycles. The number of benzene rings is 1. The fourth-order valence-electron chi connectivity index (χ4n) is 2.67. The molecule has 0 amide bonds. The molecule has 0 saturated carbocycles. The van der Waals surface area contributed by atoms with E-state index in [1.807, 2.05) is 18.2 Å². The summed E-state index contributed by atoms with van der Waals surface area (Å²) in [6.07, 6.45) is 5.62. The maximum Gasteiger partial charge on any atom is 0.182 e. The van der Waals surface area contributed by atoms with Crippen molar-refractivity contribution in [1.82, 2.24) is 0 Å². The number of rotatable bonds is 0. The summed E-state index contributed by atoms with van der Waals surface area (Å²) in [4.78, 5) is 0.559. The maximum absolute atomic E-state index is 12.2. The van der Waals surface area contributed by atoms with Gasteiger partial charge < -0.3 is 0 Å². The van der Waals surface area contributed by atoms with E-state index in [4.69, 9.17) is 0 Å². The molecule has 3 heteroatoms. The van der Waals surface area contributed by atoms with Crippen molar-refractivity contribution in [2.24, 2.45) is 0 Å². The highest BCUT2D eigenvalue weighted by molar-refractivity contribution is 7.92. The van der Waals surface area contributed by atoms with Crippen LogP contribution < -0.4 is 0 Å². The Kier molecular flexibility index (Phi) is 1.80. The first kappa shape index (κ1) is 9.16. The second-order valence-electron chi connectivity index (χ2n) is 4.17. The molecular formula is C12H12O2S. The first-order valence-corrected chi connectivity index (χ1v) is 6.74. The molecule has 0 N–H and O–H groups in total. The monoisotopic (exact) mass is 220 g/mol. The molecule has 0 unspecified atom stereocenters. The predicted molar refractivity (Wildman–Crippen MR) is 58.5 cm³/mol. The van der Waals surface area contributed by atoms with Gasteiger partial charge in [-0.3, -0.25) is 0 Å². The van der Waals surface area contributed by atoms with Crippen molar-refractivity contribution < 1.29 is 8.42 Å². The third-order valence-electron chi connectivity index (χ3n) is 3.40. The molecular weight excluding hydrogens is 208 g/mol. The Bertz CT molecular complexity index is 528. The van der Waals surface area contributed by atoms with Crippen LogP contribution in [0.5, 0.6) is 0 Å². The minimum atomic E-state index is -3.06. The SMILES string of the molecule is O=S1(=O)c2ccccc2[C@H]2CC=CC[C@@H]21. The molecule has 3 rings (SSSR count). The number of hydrogen-bond donors (Lipinski definition) is 0. The lowest BCUT2D eigenvalue weighted by atomic mass is 9.88. The van der Waals surface area contributed by atoms with E-state index in [-0.39, 0.29) is 11.2 Å². The molecule has 0 radical (unpaired) electrons. The minimum Gasteiger partial charge on any atom is -0.223 e. The van der Waals surface area contributed by atoms with Crippen molar-refractivity contribution in [2.45, 2.75) is 28.9 Å². The van der Waals surface area contributed by atoms with Crippen LogP contribution >= 0.6 is 0 Å². The molecule has 0 aromatic heterocycles. The van der Waals surface area contributed by atoms with E-state index in [0.717, 1.165) is 12.0 Å². The largest absolute Gasteiger partial charge is 0.223 e. The second-order valence-corrected chi connectivity index (χ2v) is 6.31. The molecule has 15 heavy (non-hydrogen) atoms. The first-order chi connectivity index (χ1) is 7.21. The third kappa shape index (κ3) is 1.13. The van der Waals surface area contributed by atoms with Gasteiger partial charge in [0.25, 0.3) is 0 Å². The Morgan fingerprint density at radius 2 is 1.80 bits per heavy atom. The Morgan fingerprint density at radius 3 is 2.67 bits per heavy atom. The zero-order chi connectivity index (χ0) is 10.5. The van der Waals surface area contributed by atoms with Gasteiger partial charge in [0.05, 0.1) is 10.1 Å². The summed E-state index contributed by atoms with van der Waals surface area (Å²) in [5, 5.41) is -0.208. The zero-order valence-corrected chi connectivity index (χ0v) is 9.07. The van der Waals surface area contributed by atoms with Gasteiger partial charge in [0.1, 0.15) is 0 Å². The van der Waals surface area contributed by atoms with Crippen molar-refractivity contribution >= 4 is 9.84 Å². The smallest absolute Gasteiger partial charge is 0.182 e. The molecule has 1 heterocycles. The van der Waals surface area contributed by atoms with Crippen molar-refractivity contribution in [2.75, 3.05) is 0 Å². The summed E-state index contributed by atoms with van der Waals surface area (Å²) in [5.41, 5.74) is 1.02. The Labute approximate surface area is 89.5 Å². The van der Waals surface area contributed by atoms with Crippen LogP contribution in [0.15, 0.2) is 41.3 Å². The molecule has 0 bridgehead atoms. The van der Waals surface area contributed by atoms with Crippen LogP contribution in [-0.2, 0) is 9.84 Å². The molecule has 0 saturated heterocycles. The van der Waals surface area contributed by atoms with Gasteiger partial charge >= 0.3 is 0 Å². The summed E-state index contributed by atoms with van der Waals surface area (Å²) in [6, 6.07) is 7.43. The fraction of sp³-hybridized carbons (Fsp3) is 0.333. The van der Waals surface area contributed by atoms with Gasteiger partial charge in [-0.15, -0.1) is 0 Å².